The SMILES string of the molecule is CCCCCCCCCCCCCCCCCCCCCCCCC(=O)O[C@H](COC(=O)CCCCCCCCCCCCCCCCCCCCCCC)COP(=O)(O)OC[C@@H](O)COP(=O)(O)OC[C@@H](COC(=O)CCCCCCCCCC(C)C)OC(=O)CCCCCCCCCCC(C)CC. The van der Waals surface area contributed by atoms with E-state index in [0.717, 1.165) is 102 Å². The molecule has 0 saturated heterocycles. The molecule has 0 aromatic carbocycles. The number of rotatable bonds is 85. The van der Waals surface area contributed by atoms with Gasteiger partial charge in [0.2, 0.25) is 0 Å². The van der Waals surface area contributed by atoms with E-state index in [9.17, 15) is 43.2 Å². The molecule has 0 spiro atoms. The van der Waals surface area contributed by atoms with E-state index in [-0.39, 0.29) is 25.7 Å². The summed E-state index contributed by atoms with van der Waals surface area (Å²) in [5.41, 5.74) is 0. The molecule has 0 radical (unpaired) electrons. The van der Waals surface area contributed by atoms with Gasteiger partial charge in [-0.05, 0) is 37.5 Å². The van der Waals surface area contributed by atoms with E-state index < -0.39 is 97.5 Å². The average Bonchev–Trinajstić information content (AvgIpc) is 0.937. The molecule has 17 nitrogen and oxygen atoms in total. The predicted octanol–water partition coefficient (Wildman–Crippen LogP) is 26.2. The van der Waals surface area contributed by atoms with Gasteiger partial charge in [0, 0.05) is 25.7 Å². The molecule has 0 heterocycles. The van der Waals surface area contributed by atoms with E-state index >= 15 is 0 Å². The minimum Gasteiger partial charge on any atom is -0.462 e. The maximum Gasteiger partial charge on any atom is 0.472 e. The second-order valence-corrected chi connectivity index (χ2v) is 34.6. The first-order valence-corrected chi connectivity index (χ1v) is 47.5. The maximum absolute atomic E-state index is 13.1. The van der Waals surface area contributed by atoms with E-state index in [1.54, 1.807) is 0 Å². The molecule has 0 bridgehead atoms. The number of hydrogen-bond donors (Lipinski definition) is 3. The molecule has 19 heteroatoms. The van der Waals surface area contributed by atoms with Gasteiger partial charge in [-0.3, -0.25) is 37.3 Å². The highest BCUT2D eigenvalue weighted by molar-refractivity contribution is 7.47. The second-order valence-electron chi connectivity index (χ2n) is 31.6. The molecule has 0 aromatic heterocycles. The van der Waals surface area contributed by atoms with Gasteiger partial charge in [-0.1, -0.05) is 408 Å². The van der Waals surface area contributed by atoms with E-state index in [1.165, 1.54) is 270 Å². The summed E-state index contributed by atoms with van der Waals surface area (Å²) in [4.78, 5) is 73.1. The lowest BCUT2D eigenvalue weighted by Gasteiger charge is -2.21. The molecule has 0 aliphatic heterocycles. The van der Waals surface area contributed by atoms with E-state index in [1.807, 2.05) is 0 Å². The first-order chi connectivity index (χ1) is 50.9. The summed E-state index contributed by atoms with van der Waals surface area (Å²) < 4.78 is 68.8. The third-order valence-electron chi connectivity index (χ3n) is 20.6. The molecule has 0 fully saturated rings. The number of carbonyl (C=O) groups is 4. The van der Waals surface area contributed by atoms with Crippen molar-refractivity contribution in [1.82, 2.24) is 0 Å². The zero-order valence-electron chi connectivity index (χ0n) is 69.0. The molecule has 0 rings (SSSR count). The highest BCUT2D eigenvalue weighted by Crippen LogP contribution is 2.45. The Kier molecular flexibility index (Phi) is 76.0. The van der Waals surface area contributed by atoms with Crippen LogP contribution in [0.4, 0.5) is 0 Å². The largest absolute Gasteiger partial charge is 0.472 e. The van der Waals surface area contributed by atoms with Crippen LogP contribution in [-0.2, 0) is 65.4 Å². The molecule has 105 heavy (non-hydrogen) atoms. The zero-order chi connectivity index (χ0) is 77.1. The number of aliphatic hydroxyl groups excluding tert-OH is 1. The van der Waals surface area contributed by atoms with Crippen LogP contribution in [0.2, 0.25) is 0 Å². The van der Waals surface area contributed by atoms with Crippen LogP contribution in [0.1, 0.15) is 459 Å². The topological polar surface area (TPSA) is 237 Å². The summed E-state index contributed by atoms with van der Waals surface area (Å²) in [6.07, 6.45) is 69.8. The number of esters is 4. The van der Waals surface area contributed by atoms with Gasteiger partial charge in [0.1, 0.15) is 19.3 Å². The Morgan fingerprint density at radius 2 is 0.486 bits per heavy atom. The number of ether oxygens (including phenoxy) is 4. The molecular weight excluding hydrogens is 1370 g/mol. The minimum absolute atomic E-state index is 0.105. The molecule has 0 aromatic rings. The normalized spacial score (nSPS) is 14.1. The van der Waals surface area contributed by atoms with E-state index in [2.05, 4.69) is 41.5 Å². The van der Waals surface area contributed by atoms with Gasteiger partial charge in [-0.2, -0.15) is 0 Å². The predicted molar refractivity (Wildman–Crippen MR) is 432 cm³/mol. The van der Waals surface area contributed by atoms with Crippen LogP contribution < -0.4 is 0 Å². The van der Waals surface area contributed by atoms with Crippen molar-refractivity contribution in [2.45, 2.75) is 477 Å². The van der Waals surface area contributed by atoms with E-state index in [0.29, 0.717) is 31.6 Å². The second kappa shape index (κ2) is 77.4. The fraction of sp³-hybridized carbons (Fsp3) is 0.953. The van der Waals surface area contributed by atoms with Gasteiger partial charge in [0.05, 0.1) is 26.4 Å². The Morgan fingerprint density at radius 3 is 0.724 bits per heavy atom. The van der Waals surface area contributed by atoms with Crippen LogP contribution in [0.5, 0.6) is 0 Å². The highest BCUT2D eigenvalue weighted by Gasteiger charge is 2.30. The van der Waals surface area contributed by atoms with Crippen molar-refractivity contribution in [3.8, 4) is 0 Å². The molecular formula is C86H168O17P2. The Bertz CT molecular complexity index is 2010. The Morgan fingerprint density at radius 1 is 0.276 bits per heavy atom. The van der Waals surface area contributed by atoms with Crippen molar-refractivity contribution in [1.29, 1.82) is 0 Å². The quantitative estimate of drug-likeness (QED) is 0.0222. The summed E-state index contributed by atoms with van der Waals surface area (Å²) in [5, 5.41) is 10.7. The molecule has 6 atom stereocenters. The van der Waals surface area contributed by atoms with E-state index in [4.69, 9.17) is 37.0 Å². The van der Waals surface area contributed by atoms with Crippen LogP contribution in [0.3, 0.4) is 0 Å². The van der Waals surface area contributed by atoms with Gasteiger partial charge >= 0.3 is 39.5 Å². The minimum atomic E-state index is -4.97. The van der Waals surface area contributed by atoms with Crippen LogP contribution >= 0.6 is 15.6 Å². The van der Waals surface area contributed by atoms with Gasteiger partial charge in [0.15, 0.2) is 12.2 Å². The lowest BCUT2D eigenvalue weighted by molar-refractivity contribution is -0.161. The number of hydrogen-bond acceptors (Lipinski definition) is 15. The molecule has 0 aliphatic carbocycles. The number of aliphatic hydroxyl groups is 1. The molecule has 0 aliphatic rings. The first kappa shape index (κ1) is 103. The third-order valence-corrected chi connectivity index (χ3v) is 22.5. The van der Waals surface area contributed by atoms with Crippen molar-refractivity contribution < 1.29 is 80.2 Å². The maximum atomic E-state index is 13.1. The summed E-state index contributed by atoms with van der Waals surface area (Å²) in [5.74, 6) is -0.634. The van der Waals surface area contributed by atoms with Crippen LogP contribution in [-0.4, -0.2) is 96.7 Å². The first-order valence-electron chi connectivity index (χ1n) is 44.5. The van der Waals surface area contributed by atoms with Crippen molar-refractivity contribution in [3.63, 3.8) is 0 Å². The van der Waals surface area contributed by atoms with Crippen LogP contribution in [0, 0.1) is 11.8 Å². The Labute approximate surface area is 645 Å². The summed E-state index contributed by atoms with van der Waals surface area (Å²) in [7, 11) is -9.93. The van der Waals surface area contributed by atoms with Crippen molar-refractivity contribution in [2.24, 2.45) is 11.8 Å². The molecule has 3 N–H and O–H groups in total. The van der Waals surface area contributed by atoms with Gasteiger partial charge in [0.25, 0.3) is 0 Å². The van der Waals surface area contributed by atoms with Gasteiger partial charge in [-0.15, -0.1) is 0 Å². The number of phosphoric acid groups is 2. The standard InChI is InChI=1S/C86H168O17P2/c1-7-10-12-14-16-18-20-22-24-26-28-30-32-34-36-38-40-42-44-51-58-64-70-85(90)102-81(74-96-83(88)68-62-56-50-43-41-39-37-35-33-31-29-27-25-23-21-19-17-15-13-11-8-2)76-100-104(92,93)98-72-80(87)73-99-105(94,95)101-77-82(75-97-84(89)69-63-57-53-47-48-54-60-66-78(4)5)103-86(91)71-65-59-52-46-45-49-55-61-67-79(6)9-3/h78-82,87H,7-77H2,1-6H3,(H,92,93)(H,94,95)/t79?,80-,81-,82-/m1/s1. The van der Waals surface area contributed by atoms with Crippen molar-refractivity contribution in [3.05, 3.63) is 0 Å². The van der Waals surface area contributed by atoms with Crippen LogP contribution in [0.25, 0.3) is 0 Å². The highest BCUT2D eigenvalue weighted by atomic mass is 31.2. The molecule has 0 amide bonds. The fourth-order valence-electron chi connectivity index (χ4n) is 13.4. The number of unbranched alkanes of at least 4 members (excludes halogenated alkanes) is 54. The summed E-state index contributed by atoms with van der Waals surface area (Å²) >= 11 is 0. The Balaban J connectivity index is 5.19. The Hall–Kier alpha value is -1.94. The summed E-state index contributed by atoms with van der Waals surface area (Å²) in [6.45, 7) is 9.59. The average molecular weight is 1540 g/mol. The molecule has 3 unspecified atom stereocenters. The number of phosphoric ester groups is 2. The molecule has 624 valence electrons. The van der Waals surface area contributed by atoms with Crippen LogP contribution in [0.15, 0.2) is 0 Å². The monoisotopic (exact) mass is 1540 g/mol. The van der Waals surface area contributed by atoms with Gasteiger partial charge in [-0.25, -0.2) is 9.13 Å². The lowest BCUT2D eigenvalue weighted by atomic mass is 9.99. The smallest absolute Gasteiger partial charge is 0.462 e. The zero-order valence-corrected chi connectivity index (χ0v) is 70.8. The summed E-state index contributed by atoms with van der Waals surface area (Å²) in [6, 6.07) is 0. The fourth-order valence-corrected chi connectivity index (χ4v) is 15.0. The number of carbonyl (C=O) groups excluding carboxylic acids is 4. The lowest BCUT2D eigenvalue weighted by Crippen LogP contribution is -2.30. The third kappa shape index (κ3) is 78.5. The molecule has 0 saturated carbocycles. The van der Waals surface area contributed by atoms with Crippen molar-refractivity contribution in [2.75, 3.05) is 39.6 Å². The van der Waals surface area contributed by atoms with Gasteiger partial charge < -0.3 is 33.8 Å². The van der Waals surface area contributed by atoms with Crippen molar-refractivity contribution >= 4 is 39.5 Å².